The maximum Gasteiger partial charge on any atom is 0.306 e. The lowest BCUT2D eigenvalue weighted by Gasteiger charge is -2.26. The number of ether oxygens (including phenoxy) is 1. The summed E-state index contributed by atoms with van der Waals surface area (Å²) in [6.45, 7) is 0. The third kappa shape index (κ3) is 2.36. The van der Waals surface area contributed by atoms with Crippen LogP contribution < -0.4 is 0 Å². The zero-order valence-electron chi connectivity index (χ0n) is 8.43. The van der Waals surface area contributed by atoms with Gasteiger partial charge in [0.15, 0.2) is 0 Å². The highest BCUT2D eigenvalue weighted by molar-refractivity contribution is 5.70. The Kier molecular flexibility index (Phi) is 3.02. The molecule has 1 aromatic rings. The predicted octanol–water partition coefficient (Wildman–Crippen LogP) is 1.82. The van der Waals surface area contributed by atoms with E-state index in [1.54, 1.807) is 0 Å². The number of aliphatic hydroxyl groups is 1. The molecule has 1 fully saturated rings. The molecule has 2 atom stereocenters. The maximum atomic E-state index is 11.1. The van der Waals surface area contributed by atoms with Gasteiger partial charge in [0.25, 0.3) is 0 Å². The average molecular weight is 206 g/mol. The summed E-state index contributed by atoms with van der Waals surface area (Å²) in [5, 5.41) is 9.99. The standard InChI is InChI=1S/C12H14O3/c13-11-8-4-7-10(15-11)12(14)9-5-2-1-3-6-9/h1-3,5-6,10,12,14H,4,7-8H2/t10-,12+/m1/s1. The Morgan fingerprint density at radius 2 is 2.07 bits per heavy atom. The van der Waals surface area contributed by atoms with Crippen molar-refractivity contribution in [3.8, 4) is 0 Å². The van der Waals surface area contributed by atoms with Gasteiger partial charge in [-0.15, -0.1) is 0 Å². The lowest BCUT2D eigenvalue weighted by molar-refractivity contribution is -0.161. The molecule has 1 N–H and O–H groups in total. The van der Waals surface area contributed by atoms with Gasteiger partial charge in [-0.25, -0.2) is 0 Å². The van der Waals surface area contributed by atoms with Gasteiger partial charge in [0.1, 0.15) is 12.2 Å². The highest BCUT2D eigenvalue weighted by atomic mass is 16.6. The van der Waals surface area contributed by atoms with E-state index in [2.05, 4.69) is 0 Å². The molecule has 2 rings (SSSR count). The topological polar surface area (TPSA) is 46.5 Å². The van der Waals surface area contributed by atoms with E-state index in [-0.39, 0.29) is 12.1 Å². The van der Waals surface area contributed by atoms with Gasteiger partial charge >= 0.3 is 5.97 Å². The van der Waals surface area contributed by atoms with Crippen LogP contribution >= 0.6 is 0 Å². The molecule has 0 radical (unpaired) electrons. The summed E-state index contributed by atoms with van der Waals surface area (Å²) in [6, 6.07) is 9.30. The van der Waals surface area contributed by atoms with Crippen LogP contribution in [-0.4, -0.2) is 17.2 Å². The van der Waals surface area contributed by atoms with E-state index >= 15 is 0 Å². The van der Waals surface area contributed by atoms with Crippen LogP contribution in [0, 0.1) is 0 Å². The first-order valence-corrected chi connectivity index (χ1v) is 5.20. The molecular formula is C12H14O3. The van der Waals surface area contributed by atoms with Crippen LogP contribution in [0.2, 0.25) is 0 Å². The Morgan fingerprint density at radius 3 is 2.73 bits per heavy atom. The fraction of sp³-hybridized carbons (Fsp3) is 0.417. The van der Waals surface area contributed by atoms with Crippen molar-refractivity contribution in [1.29, 1.82) is 0 Å². The number of rotatable bonds is 2. The molecule has 1 aliphatic heterocycles. The first kappa shape index (κ1) is 10.2. The summed E-state index contributed by atoms with van der Waals surface area (Å²) in [4.78, 5) is 11.1. The van der Waals surface area contributed by atoms with Crippen LogP contribution in [0.15, 0.2) is 30.3 Å². The van der Waals surface area contributed by atoms with Crippen molar-refractivity contribution >= 4 is 5.97 Å². The predicted molar refractivity (Wildman–Crippen MR) is 55.1 cm³/mol. The van der Waals surface area contributed by atoms with Gasteiger partial charge in [0, 0.05) is 6.42 Å². The minimum atomic E-state index is -0.699. The molecule has 1 aliphatic rings. The van der Waals surface area contributed by atoms with Crippen molar-refractivity contribution in [2.45, 2.75) is 31.5 Å². The molecule has 0 bridgehead atoms. The molecule has 0 aliphatic carbocycles. The second kappa shape index (κ2) is 4.45. The number of hydrogen-bond acceptors (Lipinski definition) is 3. The van der Waals surface area contributed by atoms with E-state index in [0.717, 1.165) is 18.4 Å². The van der Waals surface area contributed by atoms with Gasteiger partial charge in [-0.05, 0) is 18.4 Å². The first-order valence-electron chi connectivity index (χ1n) is 5.20. The molecule has 0 unspecified atom stereocenters. The molecule has 1 heterocycles. The second-order valence-corrected chi connectivity index (χ2v) is 3.78. The molecule has 1 aromatic carbocycles. The van der Waals surface area contributed by atoms with Crippen molar-refractivity contribution < 1.29 is 14.6 Å². The molecule has 0 spiro atoms. The number of aliphatic hydroxyl groups excluding tert-OH is 1. The SMILES string of the molecule is O=C1CCC[C@H]([C@@H](O)c2ccccc2)O1. The maximum absolute atomic E-state index is 11.1. The third-order valence-electron chi connectivity index (χ3n) is 2.65. The Hall–Kier alpha value is -1.35. The molecule has 3 heteroatoms. The molecule has 15 heavy (non-hydrogen) atoms. The number of carbonyl (C=O) groups excluding carboxylic acids is 1. The van der Waals surface area contributed by atoms with Crippen molar-refractivity contribution in [2.24, 2.45) is 0 Å². The van der Waals surface area contributed by atoms with Crippen molar-refractivity contribution in [2.75, 3.05) is 0 Å². The van der Waals surface area contributed by atoms with Crippen LogP contribution in [0.3, 0.4) is 0 Å². The van der Waals surface area contributed by atoms with E-state index in [4.69, 9.17) is 4.74 Å². The van der Waals surface area contributed by atoms with E-state index < -0.39 is 6.10 Å². The molecule has 1 saturated heterocycles. The van der Waals surface area contributed by atoms with Crippen molar-refractivity contribution in [1.82, 2.24) is 0 Å². The van der Waals surface area contributed by atoms with Crippen molar-refractivity contribution in [3.05, 3.63) is 35.9 Å². The highest BCUT2D eigenvalue weighted by Gasteiger charge is 2.27. The van der Waals surface area contributed by atoms with Gasteiger partial charge < -0.3 is 9.84 Å². The van der Waals surface area contributed by atoms with Gasteiger partial charge in [-0.3, -0.25) is 4.79 Å². The summed E-state index contributed by atoms with van der Waals surface area (Å²) >= 11 is 0. The monoisotopic (exact) mass is 206 g/mol. The van der Waals surface area contributed by atoms with E-state index in [9.17, 15) is 9.90 Å². The smallest absolute Gasteiger partial charge is 0.306 e. The van der Waals surface area contributed by atoms with E-state index in [0.29, 0.717) is 6.42 Å². The summed E-state index contributed by atoms with van der Waals surface area (Å²) in [7, 11) is 0. The normalized spacial score (nSPS) is 23.3. The van der Waals surface area contributed by atoms with Gasteiger partial charge in [0.2, 0.25) is 0 Å². The molecule has 0 saturated carbocycles. The van der Waals surface area contributed by atoms with E-state index in [1.807, 2.05) is 30.3 Å². The molecule has 3 nitrogen and oxygen atoms in total. The minimum Gasteiger partial charge on any atom is -0.459 e. The summed E-state index contributed by atoms with van der Waals surface area (Å²) < 4.78 is 5.11. The van der Waals surface area contributed by atoms with E-state index in [1.165, 1.54) is 0 Å². The number of hydrogen-bond donors (Lipinski definition) is 1. The van der Waals surface area contributed by atoms with Gasteiger partial charge in [-0.1, -0.05) is 30.3 Å². The lowest BCUT2D eigenvalue weighted by Crippen LogP contribution is -2.29. The zero-order chi connectivity index (χ0) is 10.7. The average Bonchev–Trinajstić information content (AvgIpc) is 2.29. The summed E-state index contributed by atoms with van der Waals surface area (Å²) in [6.07, 6.45) is 0.928. The fourth-order valence-corrected chi connectivity index (χ4v) is 1.82. The Morgan fingerprint density at radius 1 is 1.33 bits per heavy atom. The Balaban J connectivity index is 2.07. The minimum absolute atomic E-state index is 0.207. The first-order chi connectivity index (χ1) is 7.27. The molecule has 80 valence electrons. The van der Waals surface area contributed by atoms with Crippen molar-refractivity contribution in [3.63, 3.8) is 0 Å². The summed E-state index contributed by atoms with van der Waals surface area (Å²) in [5.41, 5.74) is 0.803. The van der Waals surface area contributed by atoms with Crippen LogP contribution in [0.1, 0.15) is 30.9 Å². The summed E-state index contributed by atoms with van der Waals surface area (Å²) in [5.74, 6) is -0.207. The third-order valence-corrected chi connectivity index (χ3v) is 2.65. The highest BCUT2D eigenvalue weighted by Crippen LogP contribution is 2.26. The number of carbonyl (C=O) groups is 1. The number of esters is 1. The quantitative estimate of drug-likeness (QED) is 0.751. The number of benzene rings is 1. The van der Waals surface area contributed by atoms with Crippen LogP contribution in [-0.2, 0) is 9.53 Å². The molecular weight excluding hydrogens is 192 g/mol. The van der Waals surface area contributed by atoms with Gasteiger partial charge in [-0.2, -0.15) is 0 Å². The molecule has 0 aromatic heterocycles. The fourth-order valence-electron chi connectivity index (χ4n) is 1.82. The second-order valence-electron chi connectivity index (χ2n) is 3.78. The van der Waals surface area contributed by atoms with Crippen LogP contribution in [0.4, 0.5) is 0 Å². The zero-order valence-corrected chi connectivity index (χ0v) is 8.43. The van der Waals surface area contributed by atoms with Crippen LogP contribution in [0.25, 0.3) is 0 Å². The largest absolute Gasteiger partial charge is 0.459 e. The molecule has 0 amide bonds. The van der Waals surface area contributed by atoms with Crippen LogP contribution in [0.5, 0.6) is 0 Å². The van der Waals surface area contributed by atoms with Gasteiger partial charge in [0.05, 0.1) is 0 Å². The lowest BCUT2D eigenvalue weighted by atomic mass is 9.98. The number of cyclic esters (lactones) is 1. The Bertz CT molecular complexity index is 334. The Labute approximate surface area is 88.7 Å².